The van der Waals surface area contributed by atoms with Crippen molar-refractivity contribution >= 4 is 24.6 Å². The van der Waals surface area contributed by atoms with E-state index >= 15 is 0 Å². The van der Waals surface area contributed by atoms with Gasteiger partial charge < -0.3 is 15.9 Å². The highest BCUT2D eigenvalue weighted by Crippen LogP contribution is 1.66. The fraction of sp³-hybridized carbons (Fsp3) is 0.500. The zero-order valence-corrected chi connectivity index (χ0v) is 6.04. The molecule has 0 aromatic heterocycles. The third-order valence-corrected chi connectivity index (χ3v) is 0.580. The van der Waals surface area contributed by atoms with E-state index < -0.39 is 11.9 Å². The molecule has 0 rings (SSSR count). The minimum Gasteiger partial charge on any atom is -0.481 e. The molecule has 0 bridgehead atoms. The summed E-state index contributed by atoms with van der Waals surface area (Å²) in [5, 5.41) is 15.2. The number of rotatable bonds is 2. The number of thiol groups is 1. The summed E-state index contributed by atoms with van der Waals surface area (Å²) in [6.45, 7) is -0.278. The Morgan fingerprint density at radius 2 is 1.50 bits per heavy atom. The van der Waals surface area contributed by atoms with E-state index in [1.54, 1.807) is 0 Å². The highest BCUT2D eigenvalue weighted by atomic mass is 32.1. The minimum atomic E-state index is -0.968. The number of hydrogen-bond donors (Lipinski definition) is 4. The van der Waals surface area contributed by atoms with Crippen LogP contribution in [0.25, 0.3) is 0 Å². The van der Waals surface area contributed by atoms with Crippen molar-refractivity contribution in [2.75, 3.05) is 12.3 Å². The summed E-state index contributed by atoms with van der Waals surface area (Å²) in [5.41, 5.74) is 4.57. The van der Waals surface area contributed by atoms with Crippen LogP contribution >= 0.6 is 12.6 Å². The zero-order chi connectivity index (χ0) is 8.57. The summed E-state index contributed by atoms with van der Waals surface area (Å²) in [6.07, 6.45) is 0. The fourth-order valence-corrected chi connectivity index (χ4v) is 0. The second-order valence-electron chi connectivity index (χ2n) is 1.15. The van der Waals surface area contributed by atoms with Gasteiger partial charge in [-0.15, -0.1) is 0 Å². The van der Waals surface area contributed by atoms with E-state index in [0.717, 1.165) is 0 Å². The quantitative estimate of drug-likeness (QED) is 0.396. The molecule has 0 heterocycles. The Kier molecular flexibility index (Phi) is 9.88. The minimum absolute atomic E-state index is 0.0833. The van der Waals surface area contributed by atoms with Crippen molar-refractivity contribution in [3.8, 4) is 0 Å². The average Bonchev–Trinajstić information content (AvgIpc) is 1.89. The van der Waals surface area contributed by atoms with Gasteiger partial charge in [-0.1, -0.05) is 0 Å². The van der Waals surface area contributed by atoms with Gasteiger partial charge in [-0.05, 0) is 0 Å². The summed E-state index contributed by atoms with van der Waals surface area (Å²) in [5.74, 6) is -1.93. The number of nitrogens with two attached hydrogens (primary N) is 1. The van der Waals surface area contributed by atoms with E-state index in [4.69, 9.17) is 10.2 Å². The highest BCUT2D eigenvalue weighted by Gasteiger charge is 1.82. The van der Waals surface area contributed by atoms with Gasteiger partial charge in [0.25, 0.3) is 0 Å². The van der Waals surface area contributed by atoms with Crippen LogP contribution in [0.5, 0.6) is 0 Å². The monoisotopic (exact) mass is 167 g/mol. The van der Waals surface area contributed by atoms with Gasteiger partial charge in [0.05, 0.1) is 12.3 Å². The van der Waals surface area contributed by atoms with Gasteiger partial charge in [0.1, 0.15) is 0 Å². The molecule has 0 aliphatic carbocycles. The Balaban J connectivity index is 0. The summed E-state index contributed by atoms with van der Waals surface area (Å²) < 4.78 is 0. The maximum absolute atomic E-state index is 9.29. The predicted octanol–water partition coefficient (Wildman–Crippen LogP) is -0.969. The summed E-state index contributed by atoms with van der Waals surface area (Å²) >= 11 is 3.42. The normalized spacial score (nSPS) is 7.40. The number of carbonyl (C=O) groups is 2. The lowest BCUT2D eigenvalue weighted by molar-refractivity contribution is -0.135. The first-order chi connectivity index (χ1) is 4.54. The van der Waals surface area contributed by atoms with Gasteiger partial charge in [-0.25, -0.2) is 0 Å². The van der Waals surface area contributed by atoms with E-state index in [1.807, 2.05) is 0 Å². The molecule has 0 spiro atoms. The van der Waals surface area contributed by atoms with Crippen molar-refractivity contribution in [1.82, 2.24) is 0 Å². The lowest BCUT2D eigenvalue weighted by Crippen LogP contribution is -2.10. The molecule has 4 N–H and O–H groups in total. The van der Waals surface area contributed by atoms with E-state index in [2.05, 4.69) is 18.4 Å². The van der Waals surface area contributed by atoms with Crippen molar-refractivity contribution in [3.05, 3.63) is 0 Å². The van der Waals surface area contributed by atoms with Gasteiger partial charge in [0.2, 0.25) is 0 Å². The molecule has 0 radical (unpaired) electrons. The SMILES string of the molecule is NCC(=O)O.O=C(O)CS. The molecule has 0 amide bonds. The zero-order valence-electron chi connectivity index (χ0n) is 5.15. The molecule has 0 fully saturated rings. The van der Waals surface area contributed by atoms with Crippen molar-refractivity contribution in [2.45, 2.75) is 0 Å². The van der Waals surface area contributed by atoms with Crippen LogP contribution in [0, 0.1) is 0 Å². The van der Waals surface area contributed by atoms with Crippen molar-refractivity contribution in [1.29, 1.82) is 0 Å². The van der Waals surface area contributed by atoms with Crippen LogP contribution in [-0.4, -0.2) is 34.4 Å². The molecular weight excluding hydrogens is 158 g/mol. The first-order valence-corrected chi connectivity index (χ1v) is 2.92. The van der Waals surface area contributed by atoms with Gasteiger partial charge in [-0.2, -0.15) is 12.6 Å². The van der Waals surface area contributed by atoms with Crippen LogP contribution in [-0.2, 0) is 9.59 Å². The maximum Gasteiger partial charge on any atom is 0.317 e. The van der Waals surface area contributed by atoms with Gasteiger partial charge in [0, 0.05) is 0 Å². The van der Waals surface area contributed by atoms with Crippen LogP contribution in [0.2, 0.25) is 0 Å². The maximum atomic E-state index is 9.29. The number of hydrogen-bond acceptors (Lipinski definition) is 4. The smallest absolute Gasteiger partial charge is 0.317 e. The Hall–Kier alpha value is -0.750. The molecule has 0 atom stereocenters. The Labute approximate surface area is 63.2 Å². The predicted molar refractivity (Wildman–Crippen MR) is 38.2 cm³/mol. The Morgan fingerprint density at radius 1 is 1.30 bits per heavy atom. The third kappa shape index (κ3) is 26.8. The van der Waals surface area contributed by atoms with Crippen molar-refractivity contribution in [3.63, 3.8) is 0 Å². The van der Waals surface area contributed by atoms with Crippen LogP contribution in [0.3, 0.4) is 0 Å². The van der Waals surface area contributed by atoms with Crippen LogP contribution in [0.15, 0.2) is 0 Å². The van der Waals surface area contributed by atoms with Gasteiger partial charge in [0.15, 0.2) is 0 Å². The van der Waals surface area contributed by atoms with E-state index in [9.17, 15) is 9.59 Å². The lowest BCUT2D eigenvalue weighted by atomic mass is 10.7. The van der Waals surface area contributed by atoms with Crippen LogP contribution in [0.4, 0.5) is 0 Å². The summed E-state index contributed by atoms with van der Waals surface area (Å²) in [4.78, 5) is 18.5. The molecular formula is C4H9NO4S. The number of aliphatic carboxylic acids is 2. The number of carboxylic acids is 2. The fourth-order valence-electron chi connectivity index (χ4n) is 0. The van der Waals surface area contributed by atoms with Gasteiger partial charge in [-0.3, -0.25) is 9.59 Å². The molecule has 0 aromatic carbocycles. The molecule has 0 unspecified atom stereocenters. The van der Waals surface area contributed by atoms with Gasteiger partial charge >= 0.3 is 11.9 Å². The molecule has 0 aliphatic heterocycles. The molecule has 0 aromatic rings. The lowest BCUT2D eigenvalue weighted by Gasteiger charge is -1.73. The first kappa shape index (κ1) is 12.0. The highest BCUT2D eigenvalue weighted by molar-refractivity contribution is 7.81. The van der Waals surface area contributed by atoms with E-state index in [1.165, 1.54) is 0 Å². The largest absolute Gasteiger partial charge is 0.481 e. The second kappa shape index (κ2) is 8.25. The molecule has 0 saturated carbocycles. The number of carboxylic acid groups (broad SMARTS) is 2. The van der Waals surface area contributed by atoms with Crippen LogP contribution in [0.1, 0.15) is 0 Å². The third-order valence-electron chi connectivity index (χ3n) is 0.310. The molecule has 6 heteroatoms. The molecule has 5 nitrogen and oxygen atoms in total. The standard InChI is InChI=1S/C2H5NO2.C2H4O2S/c3-1-2(4)5;3-2(4)1-5/h1,3H2,(H,4,5);5H,1H2,(H,3,4). The molecule has 10 heavy (non-hydrogen) atoms. The average molecular weight is 167 g/mol. The second-order valence-corrected chi connectivity index (χ2v) is 1.47. The van der Waals surface area contributed by atoms with E-state index in [-0.39, 0.29) is 12.3 Å². The summed E-state index contributed by atoms with van der Waals surface area (Å²) in [6, 6.07) is 0. The Bertz CT molecular complexity index is 102. The van der Waals surface area contributed by atoms with Crippen molar-refractivity contribution in [2.24, 2.45) is 5.73 Å². The van der Waals surface area contributed by atoms with Crippen molar-refractivity contribution < 1.29 is 19.8 Å². The summed E-state index contributed by atoms with van der Waals surface area (Å²) in [7, 11) is 0. The molecule has 0 aliphatic rings. The first-order valence-electron chi connectivity index (χ1n) is 2.29. The topological polar surface area (TPSA) is 101 Å². The van der Waals surface area contributed by atoms with E-state index in [0.29, 0.717) is 0 Å². The molecule has 60 valence electrons. The van der Waals surface area contributed by atoms with Crippen LogP contribution < -0.4 is 5.73 Å². The molecule has 0 saturated heterocycles. The Morgan fingerprint density at radius 3 is 1.50 bits per heavy atom.